The van der Waals surface area contributed by atoms with Gasteiger partial charge in [0.05, 0.1) is 51.3 Å². The second-order valence-electron chi connectivity index (χ2n) is 13.6. The van der Waals surface area contributed by atoms with Crippen molar-refractivity contribution < 1.29 is 40.3 Å². The maximum atomic E-state index is 15.6. The quantitative estimate of drug-likeness (QED) is 0.356. The number of anilines is 1. The number of nitrogens with zero attached hydrogens (tertiary/aromatic N) is 1. The lowest BCUT2D eigenvalue weighted by Crippen LogP contribution is -2.60. The molecule has 2 aromatic carbocycles. The number of carbonyl (C=O) groups excluding carboxylic acids is 3. The van der Waals surface area contributed by atoms with Gasteiger partial charge in [-0.1, -0.05) is 12.1 Å². The molecule has 2 bridgehead atoms. The summed E-state index contributed by atoms with van der Waals surface area (Å²) in [6.07, 6.45) is 3.22. The smallest absolute Gasteiger partial charge is 0.254 e. The van der Waals surface area contributed by atoms with Gasteiger partial charge >= 0.3 is 0 Å². The Balaban J connectivity index is 1.24. The van der Waals surface area contributed by atoms with Crippen LogP contribution in [0.4, 0.5) is 10.1 Å². The summed E-state index contributed by atoms with van der Waals surface area (Å²) >= 11 is 0. The monoisotopic (exact) mass is 690 g/mol. The van der Waals surface area contributed by atoms with Crippen molar-refractivity contribution in [2.45, 2.75) is 99.6 Å². The van der Waals surface area contributed by atoms with Crippen molar-refractivity contribution in [1.82, 2.24) is 10.0 Å². The number of nitrogens with two attached hydrogens (primary N) is 1. The number of hydrogen-bond acceptors (Lipinski definition) is 9. The zero-order chi connectivity index (χ0) is 33.9. The van der Waals surface area contributed by atoms with E-state index in [-0.39, 0.29) is 18.3 Å². The van der Waals surface area contributed by atoms with Gasteiger partial charge in [-0.3, -0.25) is 19.1 Å². The molecule has 12 nitrogen and oxygen atoms in total. The average Bonchev–Trinajstić information content (AvgIpc) is 3.87. The molecular formula is C32H39FN4O8S2. The standard InChI is InChI=1S/C32H39FN4O8S2/c1-19(2)45-21-5-3-20(4-6-21)17-37-26-15-23(24(33)16-27(26)46(41,42)18-25(34)29(37)39)28(38)35-32-12-9-31(10-13-32,11-14-32)30(40)36-47(43,44)22-7-8-22/h3-6,15-16,19,22,25H,7-14,17-18,34H2,1-2H3,(H,35,38)(H,36,40)/t25-,31?,32?/m0/s1. The predicted molar refractivity (Wildman–Crippen MR) is 170 cm³/mol. The fourth-order valence-electron chi connectivity index (χ4n) is 6.91. The summed E-state index contributed by atoms with van der Waals surface area (Å²) < 4.78 is 74.8. The van der Waals surface area contributed by atoms with Gasteiger partial charge < -0.3 is 20.7 Å². The fraction of sp³-hybridized carbons (Fsp3) is 0.531. The molecule has 3 amide bonds. The van der Waals surface area contributed by atoms with E-state index in [0.717, 1.165) is 12.1 Å². The van der Waals surface area contributed by atoms with Gasteiger partial charge in [0.25, 0.3) is 5.91 Å². The van der Waals surface area contributed by atoms with Crippen LogP contribution in [-0.4, -0.2) is 63.2 Å². The summed E-state index contributed by atoms with van der Waals surface area (Å²) in [4.78, 5) is 40.9. The number of sulfone groups is 1. The van der Waals surface area contributed by atoms with Crippen LogP contribution in [0.3, 0.4) is 0 Å². The van der Waals surface area contributed by atoms with Crippen molar-refractivity contribution in [3.63, 3.8) is 0 Å². The maximum absolute atomic E-state index is 15.6. The van der Waals surface area contributed by atoms with E-state index in [1.54, 1.807) is 24.3 Å². The predicted octanol–water partition coefficient (Wildman–Crippen LogP) is 2.69. The number of benzene rings is 2. The Labute approximate surface area is 273 Å². The minimum absolute atomic E-state index is 0.0536. The highest BCUT2D eigenvalue weighted by Gasteiger charge is 2.54. The largest absolute Gasteiger partial charge is 0.491 e. The number of nitrogens with one attached hydrogen (secondary N) is 2. The molecule has 0 aromatic heterocycles. The van der Waals surface area contributed by atoms with Crippen LogP contribution in [0.25, 0.3) is 0 Å². The number of carbonyl (C=O) groups is 3. The SMILES string of the molecule is CC(C)Oc1ccc(CN2C(=O)[C@@H](N)CS(=O)(=O)c3cc(F)c(C(=O)NC45CCC(C(=O)NS(=O)(=O)C6CC6)(CC4)CC5)cc32)cc1. The van der Waals surface area contributed by atoms with E-state index in [1.807, 2.05) is 13.8 Å². The minimum Gasteiger partial charge on any atom is -0.491 e. The fourth-order valence-corrected chi connectivity index (χ4v) is 9.87. The van der Waals surface area contributed by atoms with Gasteiger partial charge in [-0.2, -0.15) is 0 Å². The molecule has 1 heterocycles. The van der Waals surface area contributed by atoms with E-state index in [0.29, 0.717) is 62.7 Å². The van der Waals surface area contributed by atoms with Crippen LogP contribution >= 0.6 is 0 Å². The van der Waals surface area contributed by atoms with Gasteiger partial charge in [-0.15, -0.1) is 0 Å². The molecule has 15 heteroatoms. The molecule has 2 aromatic rings. The molecule has 7 rings (SSSR count). The second-order valence-corrected chi connectivity index (χ2v) is 17.6. The first-order chi connectivity index (χ1) is 22.0. The van der Waals surface area contributed by atoms with Crippen molar-refractivity contribution >= 4 is 43.3 Å². The first-order valence-electron chi connectivity index (χ1n) is 15.8. The van der Waals surface area contributed by atoms with Crippen molar-refractivity contribution in [1.29, 1.82) is 0 Å². The molecule has 1 aliphatic heterocycles. The first kappa shape index (κ1) is 33.3. The van der Waals surface area contributed by atoms with Crippen LogP contribution in [0.2, 0.25) is 0 Å². The van der Waals surface area contributed by atoms with Crippen molar-refractivity contribution in [3.05, 3.63) is 53.3 Å². The van der Waals surface area contributed by atoms with Gasteiger partial charge in [0.1, 0.15) is 11.6 Å². The minimum atomic E-state index is -4.20. The molecule has 0 unspecified atom stereocenters. The molecule has 4 aliphatic carbocycles. The van der Waals surface area contributed by atoms with Crippen LogP contribution in [-0.2, 0) is 36.0 Å². The molecule has 4 N–H and O–H groups in total. The molecule has 0 saturated heterocycles. The second kappa shape index (κ2) is 11.8. The molecular weight excluding hydrogens is 652 g/mol. The molecule has 4 saturated carbocycles. The number of rotatable bonds is 9. The number of fused-ring (bicyclic) bond motifs is 4. The summed E-state index contributed by atoms with van der Waals surface area (Å²) in [5, 5.41) is 2.42. The molecule has 1 atom stereocenters. The van der Waals surface area contributed by atoms with E-state index in [2.05, 4.69) is 10.0 Å². The third-order valence-electron chi connectivity index (χ3n) is 9.84. The Kier molecular flexibility index (Phi) is 8.40. The van der Waals surface area contributed by atoms with Gasteiger partial charge in [-0.25, -0.2) is 21.2 Å². The lowest BCUT2D eigenvalue weighted by atomic mass is 9.57. The Bertz CT molecular complexity index is 1820. The highest BCUT2D eigenvalue weighted by molar-refractivity contribution is 7.91. The van der Waals surface area contributed by atoms with Crippen LogP contribution in [0, 0.1) is 11.2 Å². The number of amides is 3. The van der Waals surface area contributed by atoms with Crippen LogP contribution < -0.4 is 25.4 Å². The van der Waals surface area contributed by atoms with E-state index in [1.165, 1.54) is 4.90 Å². The van der Waals surface area contributed by atoms with Crippen LogP contribution in [0.5, 0.6) is 5.75 Å². The van der Waals surface area contributed by atoms with Gasteiger partial charge in [-0.05, 0) is 95.0 Å². The molecule has 47 heavy (non-hydrogen) atoms. The van der Waals surface area contributed by atoms with Gasteiger partial charge in [0.2, 0.25) is 21.8 Å². The summed E-state index contributed by atoms with van der Waals surface area (Å²) in [6.45, 7) is 3.68. The third-order valence-corrected chi connectivity index (χ3v) is 13.5. The lowest BCUT2D eigenvalue weighted by Gasteiger charge is -2.52. The lowest BCUT2D eigenvalue weighted by molar-refractivity contribution is -0.136. The zero-order valence-corrected chi connectivity index (χ0v) is 27.9. The molecule has 254 valence electrons. The van der Waals surface area contributed by atoms with Gasteiger partial charge in [0, 0.05) is 5.54 Å². The molecule has 5 aliphatic rings. The Hall–Kier alpha value is -3.56. The molecule has 0 spiro atoms. The molecule has 4 fully saturated rings. The third kappa shape index (κ3) is 6.49. The number of hydrogen-bond donors (Lipinski definition) is 3. The summed E-state index contributed by atoms with van der Waals surface area (Å²) in [5.41, 5.74) is 4.46. The summed E-state index contributed by atoms with van der Waals surface area (Å²) in [5.74, 6) is -3.16. The zero-order valence-electron chi connectivity index (χ0n) is 26.3. The molecule has 0 radical (unpaired) electrons. The first-order valence-corrected chi connectivity index (χ1v) is 19.0. The summed E-state index contributed by atoms with van der Waals surface area (Å²) in [7, 11) is -7.89. The Morgan fingerprint density at radius 3 is 2.26 bits per heavy atom. The Morgan fingerprint density at radius 2 is 1.68 bits per heavy atom. The van der Waals surface area contributed by atoms with Crippen molar-refractivity contribution in [2.75, 3.05) is 10.7 Å². The normalized spacial score (nSPS) is 26.8. The van der Waals surface area contributed by atoms with E-state index in [4.69, 9.17) is 10.5 Å². The highest BCUT2D eigenvalue weighted by Crippen LogP contribution is 2.53. The van der Waals surface area contributed by atoms with E-state index >= 15 is 4.39 Å². The van der Waals surface area contributed by atoms with Gasteiger partial charge in [0.15, 0.2) is 9.84 Å². The topological polar surface area (TPSA) is 182 Å². The number of ether oxygens (including phenoxy) is 1. The van der Waals surface area contributed by atoms with Crippen molar-refractivity contribution in [2.24, 2.45) is 11.1 Å². The van der Waals surface area contributed by atoms with E-state index < -0.39 is 81.9 Å². The number of halogens is 1. The maximum Gasteiger partial charge on any atom is 0.254 e. The van der Waals surface area contributed by atoms with Crippen LogP contribution in [0.15, 0.2) is 41.3 Å². The highest BCUT2D eigenvalue weighted by atomic mass is 32.2. The Morgan fingerprint density at radius 1 is 1.06 bits per heavy atom. The van der Waals surface area contributed by atoms with E-state index in [9.17, 15) is 31.2 Å². The van der Waals surface area contributed by atoms with Crippen LogP contribution in [0.1, 0.15) is 81.1 Å². The average molecular weight is 691 g/mol. The number of sulfonamides is 1. The van der Waals surface area contributed by atoms with Crippen molar-refractivity contribution in [3.8, 4) is 5.75 Å². The summed E-state index contributed by atoms with van der Waals surface area (Å²) in [6, 6.07) is 7.34.